The summed E-state index contributed by atoms with van der Waals surface area (Å²) in [6.07, 6.45) is -5.07. The van der Waals surface area contributed by atoms with Gasteiger partial charge in [-0.1, -0.05) is 11.6 Å². The monoisotopic (exact) mass is 220 g/mol. The Morgan fingerprint density at radius 2 is 2.00 bits per heavy atom. The number of allylic oxidation sites excluding steroid dienone is 1. The number of hydrogen-bond acceptors (Lipinski definition) is 2. The molecule has 1 aliphatic rings. The fourth-order valence-electron chi connectivity index (χ4n) is 0.584. The summed E-state index contributed by atoms with van der Waals surface area (Å²) >= 11 is 5.00. The van der Waals surface area contributed by atoms with Crippen LogP contribution in [0.1, 0.15) is 0 Å². The van der Waals surface area contributed by atoms with Gasteiger partial charge in [-0.2, -0.15) is 22.0 Å². The first-order chi connectivity index (χ1) is 5.76. The zero-order valence-electron chi connectivity index (χ0n) is 5.79. The molecule has 0 bridgehead atoms. The number of aliphatic imine (C=N–C) groups is 1. The van der Waals surface area contributed by atoms with Crippen LogP contribution in [0.25, 0.3) is 0 Å². The first kappa shape index (κ1) is 10.2. The highest BCUT2D eigenvalue weighted by atomic mass is 35.5. The molecule has 0 spiro atoms. The summed E-state index contributed by atoms with van der Waals surface area (Å²) in [7, 11) is 0. The molecule has 8 heteroatoms. The van der Waals surface area contributed by atoms with Gasteiger partial charge in [0, 0.05) is 0 Å². The van der Waals surface area contributed by atoms with E-state index in [1.54, 1.807) is 0 Å². The second-order valence-corrected chi connectivity index (χ2v) is 2.57. The molecule has 0 saturated carbocycles. The Morgan fingerprint density at radius 3 is 2.38 bits per heavy atom. The predicted octanol–water partition coefficient (Wildman–Crippen LogP) is 2.22. The van der Waals surface area contributed by atoms with Gasteiger partial charge in [-0.15, -0.1) is 0 Å². The first-order valence-corrected chi connectivity index (χ1v) is 3.28. The smallest absolute Gasteiger partial charge is 0.302 e. The van der Waals surface area contributed by atoms with Crippen LogP contribution in [0.4, 0.5) is 22.0 Å². The van der Waals surface area contributed by atoms with Gasteiger partial charge in [-0.3, -0.25) is 0 Å². The Hall–Kier alpha value is -0.850. The number of rotatable bonds is 0. The van der Waals surface area contributed by atoms with Gasteiger partial charge in [0.25, 0.3) is 0 Å². The third-order valence-corrected chi connectivity index (χ3v) is 1.48. The highest BCUT2D eigenvalue weighted by Gasteiger charge is 2.58. The Labute approximate surface area is 74.1 Å². The average Bonchev–Trinajstić information content (AvgIpc) is 1.95. The molecule has 0 radical (unpaired) electrons. The lowest BCUT2D eigenvalue weighted by Crippen LogP contribution is -2.52. The predicted molar refractivity (Wildman–Crippen MR) is 35.5 cm³/mol. The molecule has 74 valence electrons. The lowest BCUT2D eigenvalue weighted by atomic mass is 10.4. The maximum Gasteiger partial charge on any atom is 0.465 e. The van der Waals surface area contributed by atoms with Gasteiger partial charge >= 0.3 is 12.1 Å². The molecule has 1 atom stereocenters. The zero-order valence-corrected chi connectivity index (χ0v) is 6.55. The van der Waals surface area contributed by atoms with E-state index in [4.69, 9.17) is 11.6 Å². The van der Waals surface area contributed by atoms with E-state index in [2.05, 4.69) is 4.99 Å². The molecule has 1 aliphatic heterocycles. The van der Waals surface area contributed by atoms with E-state index >= 15 is 0 Å². The summed E-state index contributed by atoms with van der Waals surface area (Å²) in [5.41, 5.74) is 0. The number of alkyl halides is 4. The van der Waals surface area contributed by atoms with Crippen LogP contribution < -0.4 is 5.32 Å². The van der Waals surface area contributed by atoms with E-state index in [0.29, 0.717) is 0 Å². The van der Waals surface area contributed by atoms with Crippen LogP contribution in [-0.4, -0.2) is 18.3 Å². The summed E-state index contributed by atoms with van der Waals surface area (Å²) in [6.45, 7) is 0. The molecule has 1 heterocycles. The van der Waals surface area contributed by atoms with Crippen LogP contribution in [0.2, 0.25) is 0 Å². The van der Waals surface area contributed by atoms with Crippen molar-refractivity contribution in [3.8, 4) is 0 Å². The van der Waals surface area contributed by atoms with Gasteiger partial charge in [0.2, 0.25) is 5.95 Å². The molecule has 0 aromatic rings. The number of hydrogen-bond donors (Lipinski definition) is 1. The lowest BCUT2D eigenvalue weighted by molar-refractivity contribution is -0.237. The van der Waals surface area contributed by atoms with E-state index in [1.165, 1.54) is 0 Å². The minimum Gasteiger partial charge on any atom is -0.302 e. The van der Waals surface area contributed by atoms with Crippen LogP contribution in [0, 0.1) is 0 Å². The minimum absolute atomic E-state index is 0.265. The quantitative estimate of drug-likeness (QED) is 0.491. The molecular formula is C5H2ClF5N2. The topological polar surface area (TPSA) is 24.4 Å². The zero-order chi connectivity index (χ0) is 10.3. The molecule has 2 nitrogen and oxygen atoms in total. The van der Waals surface area contributed by atoms with Crippen molar-refractivity contribution < 1.29 is 22.0 Å². The Balaban J connectivity index is 2.97. The largest absolute Gasteiger partial charge is 0.465 e. The Morgan fingerprint density at radius 1 is 1.46 bits per heavy atom. The highest BCUT2D eigenvalue weighted by molar-refractivity contribution is 6.39. The normalized spacial score (nSPS) is 29.1. The second-order valence-electron chi connectivity index (χ2n) is 2.16. The summed E-state index contributed by atoms with van der Waals surface area (Å²) < 4.78 is 60.7. The number of nitrogens with one attached hydrogen (secondary N) is 1. The van der Waals surface area contributed by atoms with Crippen molar-refractivity contribution >= 4 is 17.8 Å². The van der Waals surface area contributed by atoms with E-state index in [9.17, 15) is 22.0 Å². The van der Waals surface area contributed by atoms with Gasteiger partial charge < -0.3 is 5.32 Å². The fourth-order valence-corrected chi connectivity index (χ4v) is 0.680. The van der Waals surface area contributed by atoms with E-state index < -0.39 is 23.1 Å². The van der Waals surface area contributed by atoms with Crippen LogP contribution >= 0.6 is 11.6 Å². The molecule has 0 amide bonds. The molecule has 1 rings (SSSR count). The van der Waals surface area contributed by atoms with Gasteiger partial charge in [0.15, 0.2) is 0 Å². The van der Waals surface area contributed by atoms with Gasteiger partial charge in [0.1, 0.15) is 5.03 Å². The summed E-state index contributed by atoms with van der Waals surface area (Å²) in [6, 6.07) is 0. The molecular weight excluding hydrogens is 219 g/mol. The standard InChI is InChI=1S/C5H2ClF5N2/c6-2-1-12-5(11,4(8,9)10)13-3(2)7/h1,13H. The van der Waals surface area contributed by atoms with Crippen LogP contribution in [0.5, 0.6) is 0 Å². The average molecular weight is 221 g/mol. The summed E-state index contributed by atoms with van der Waals surface area (Å²) in [5, 5.41) is 0.163. The molecule has 0 aromatic heterocycles. The number of nitrogens with zero attached hydrogens (tertiary/aromatic N) is 1. The number of halogens is 6. The maximum absolute atomic E-state index is 12.7. The summed E-state index contributed by atoms with van der Waals surface area (Å²) in [5.74, 6) is -5.73. The summed E-state index contributed by atoms with van der Waals surface area (Å²) in [4.78, 5) is 2.41. The van der Waals surface area contributed by atoms with E-state index in [-0.39, 0.29) is 6.21 Å². The SMILES string of the molecule is FC1=C(Cl)C=NC(F)(C(F)(F)F)N1. The van der Waals surface area contributed by atoms with E-state index in [0.717, 1.165) is 5.32 Å². The van der Waals surface area contributed by atoms with Gasteiger partial charge in [-0.25, -0.2) is 4.99 Å². The highest BCUT2D eigenvalue weighted by Crippen LogP contribution is 2.36. The fraction of sp³-hybridized carbons (Fsp3) is 0.400. The molecule has 0 saturated heterocycles. The molecule has 13 heavy (non-hydrogen) atoms. The Kier molecular flexibility index (Phi) is 2.23. The van der Waals surface area contributed by atoms with Crippen molar-refractivity contribution in [3.05, 3.63) is 11.0 Å². The third kappa shape index (κ3) is 1.74. The molecule has 0 aliphatic carbocycles. The van der Waals surface area contributed by atoms with Crippen LogP contribution in [0.15, 0.2) is 16.0 Å². The maximum atomic E-state index is 12.7. The van der Waals surface area contributed by atoms with Crippen molar-refractivity contribution in [2.24, 2.45) is 4.99 Å². The lowest BCUT2D eigenvalue weighted by Gasteiger charge is -2.26. The molecule has 0 aromatic carbocycles. The van der Waals surface area contributed by atoms with Crippen LogP contribution in [-0.2, 0) is 0 Å². The second kappa shape index (κ2) is 2.83. The minimum atomic E-state index is -5.33. The van der Waals surface area contributed by atoms with Crippen molar-refractivity contribution in [1.29, 1.82) is 0 Å². The Bertz CT molecular complexity index is 283. The molecule has 1 N–H and O–H groups in total. The van der Waals surface area contributed by atoms with Crippen LogP contribution in [0.3, 0.4) is 0 Å². The molecule has 0 fully saturated rings. The van der Waals surface area contributed by atoms with Crippen molar-refractivity contribution in [3.63, 3.8) is 0 Å². The van der Waals surface area contributed by atoms with E-state index in [1.807, 2.05) is 0 Å². The van der Waals surface area contributed by atoms with Crippen molar-refractivity contribution in [1.82, 2.24) is 5.32 Å². The van der Waals surface area contributed by atoms with Gasteiger partial charge in [0.05, 0.1) is 6.21 Å². The van der Waals surface area contributed by atoms with Crippen molar-refractivity contribution in [2.45, 2.75) is 12.1 Å². The van der Waals surface area contributed by atoms with Crippen molar-refractivity contribution in [2.75, 3.05) is 0 Å². The molecule has 1 unspecified atom stereocenters. The third-order valence-electron chi connectivity index (χ3n) is 1.22. The van der Waals surface area contributed by atoms with Gasteiger partial charge in [-0.05, 0) is 0 Å². The first-order valence-electron chi connectivity index (χ1n) is 2.90.